The highest BCUT2D eigenvalue weighted by Crippen LogP contribution is 1.93. The SMILES string of the molecule is CC/C=C\CC/C=C\CNC(=O)CC. The summed E-state index contributed by atoms with van der Waals surface area (Å²) in [6.45, 7) is 4.64. The highest BCUT2D eigenvalue weighted by molar-refractivity contribution is 5.75. The Hall–Kier alpha value is -1.05. The van der Waals surface area contributed by atoms with Crippen LogP contribution in [0.3, 0.4) is 0 Å². The molecule has 80 valence electrons. The Bertz CT molecular complexity index is 194. The van der Waals surface area contributed by atoms with Crippen LogP contribution < -0.4 is 5.32 Å². The Balaban J connectivity index is 3.27. The van der Waals surface area contributed by atoms with E-state index in [1.807, 2.05) is 13.0 Å². The van der Waals surface area contributed by atoms with E-state index in [0.717, 1.165) is 19.3 Å². The summed E-state index contributed by atoms with van der Waals surface area (Å²) in [4.78, 5) is 10.8. The van der Waals surface area contributed by atoms with Crippen molar-refractivity contribution in [3.05, 3.63) is 24.3 Å². The van der Waals surface area contributed by atoms with E-state index in [-0.39, 0.29) is 5.91 Å². The molecule has 0 saturated heterocycles. The Morgan fingerprint density at radius 2 is 1.71 bits per heavy atom. The Morgan fingerprint density at radius 3 is 2.29 bits per heavy atom. The fraction of sp³-hybridized carbons (Fsp3) is 0.583. The topological polar surface area (TPSA) is 29.1 Å². The summed E-state index contributed by atoms with van der Waals surface area (Å²) >= 11 is 0. The molecule has 0 atom stereocenters. The number of hydrogen-bond acceptors (Lipinski definition) is 1. The lowest BCUT2D eigenvalue weighted by atomic mass is 10.2. The van der Waals surface area contributed by atoms with Gasteiger partial charge in [0.2, 0.25) is 5.91 Å². The number of rotatable bonds is 7. The van der Waals surface area contributed by atoms with Crippen molar-refractivity contribution in [1.82, 2.24) is 5.32 Å². The molecule has 1 amide bonds. The third-order valence-corrected chi connectivity index (χ3v) is 1.81. The van der Waals surface area contributed by atoms with Gasteiger partial charge in [0.1, 0.15) is 0 Å². The van der Waals surface area contributed by atoms with E-state index in [1.54, 1.807) is 0 Å². The molecule has 0 aromatic heterocycles. The number of amides is 1. The maximum Gasteiger partial charge on any atom is 0.219 e. The van der Waals surface area contributed by atoms with Crippen molar-refractivity contribution in [2.75, 3.05) is 6.54 Å². The summed E-state index contributed by atoms with van der Waals surface area (Å²) < 4.78 is 0. The van der Waals surface area contributed by atoms with Gasteiger partial charge >= 0.3 is 0 Å². The van der Waals surface area contributed by atoms with Crippen molar-refractivity contribution in [1.29, 1.82) is 0 Å². The lowest BCUT2D eigenvalue weighted by Crippen LogP contribution is -2.21. The standard InChI is InChI=1S/C12H21NO/c1-3-5-6-7-8-9-10-11-13-12(14)4-2/h5-6,9-10H,3-4,7-8,11H2,1-2H3,(H,13,14)/b6-5-,10-9-. The maximum atomic E-state index is 10.8. The molecule has 0 aromatic carbocycles. The second-order valence-corrected chi connectivity index (χ2v) is 3.09. The van der Waals surface area contributed by atoms with Crippen molar-refractivity contribution >= 4 is 5.91 Å². The number of carbonyl (C=O) groups excluding carboxylic acids is 1. The molecule has 14 heavy (non-hydrogen) atoms. The smallest absolute Gasteiger partial charge is 0.219 e. The van der Waals surface area contributed by atoms with E-state index in [4.69, 9.17) is 0 Å². The van der Waals surface area contributed by atoms with E-state index in [0.29, 0.717) is 13.0 Å². The first-order valence-corrected chi connectivity index (χ1v) is 5.38. The lowest BCUT2D eigenvalue weighted by molar-refractivity contribution is -0.120. The molecular weight excluding hydrogens is 174 g/mol. The Kier molecular flexibility index (Phi) is 9.28. The largest absolute Gasteiger partial charge is 0.353 e. The van der Waals surface area contributed by atoms with Crippen molar-refractivity contribution < 1.29 is 4.79 Å². The van der Waals surface area contributed by atoms with E-state index in [1.165, 1.54) is 0 Å². The number of carbonyl (C=O) groups is 1. The number of unbranched alkanes of at least 4 members (excludes halogenated alkanes) is 1. The predicted octanol–water partition coefficient (Wildman–Crippen LogP) is 2.82. The monoisotopic (exact) mass is 195 g/mol. The van der Waals surface area contributed by atoms with Gasteiger partial charge in [0.15, 0.2) is 0 Å². The highest BCUT2D eigenvalue weighted by Gasteiger charge is 1.90. The Morgan fingerprint density at radius 1 is 1.07 bits per heavy atom. The van der Waals surface area contributed by atoms with Crippen LogP contribution in [0.15, 0.2) is 24.3 Å². The van der Waals surface area contributed by atoms with Gasteiger partial charge in [-0.25, -0.2) is 0 Å². The summed E-state index contributed by atoms with van der Waals surface area (Å²) in [5, 5.41) is 2.79. The molecule has 0 bridgehead atoms. The van der Waals surface area contributed by atoms with Crippen LogP contribution in [0.2, 0.25) is 0 Å². The molecule has 2 nitrogen and oxygen atoms in total. The number of hydrogen-bond donors (Lipinski definition) is 1. The maximum absolute atomic E-state index is 10.8. The normalized spacial score (nSPS) is 11.3. The fourth-order valence-electron chi connectivity index (χ4n) is 0.976. The quantitative estimate of drug-likeness (QED) is 0.491. The van der Waals surface area contributed by atoms with Crippen molar-refractivity contribution in [2.24, 2.45) is 0 Å². The lowest BCUT2D eigenvalue weighted by Gasteiger charge is -1.96. The van der Waals surface area contributed by atoms with Gasteiger partial charge in [-0.05, 0) is 19.3 Å². The minimum absolute atomic E-state index is 0.112. The van der Waals surface area contributed by atoms with Crippen molar-refractivity contribution in [3.8, 4) is 0 Å². The van der Waals surface area contributed by atoms with Gasteiger partial charge in [-0.2, -0.15) is 0 Å². The summed E-state index contributed by atoms with van der Waals surface area (Å²) in [6.07, 6.45) is 12.3. The van der Waals surface area contributed by atoms with Crippen LogP contribution in [-0.2, 0) is 4.79 Å². The molecule has 0 rings (SSSR count). The van der Waals surface area contributed by atoms with Crippen LogP contribution in [0.1, 0.15) is 39.5 Å². The number of nitrogens with one attached hydrogen (secondary N) is 1. The minimum Gasteiger partial charge on any atom is -0.353 e. The second-order valence-electron chi connectivity index (χ2n) is 3.09. The van der Waals surface area contributed by atoms with Gasteiger partial charge in [-0.15, -0.1) is 0 Å². The number of allylic oxidation sites excluding steroid dienone is 3. The molecule has 0 fully saturated rings. The van der Waals surface area contributed by atoms with Gasteiger partial charge in [-0.1, -0.05) is 38.2 Å². The van der Waals surface area contributed by atoms with Gasteiger partial charge < -0.3 is 5.32 Å². The fourth-order valence-corrected chi connectivity index (χ4v) is 0.976. The van der Waals surface area contributed by atoms with Gasteiger partial charge in [-0.3, -0.25) is 4.79 Å². The zero-order valence-electron chi connectivity index (χ0n) is 9.25. The average molecular weight is 195 g/mol. The van der Waals surface area contributed by atoms with E-state index < -0.39 is 0 Å². The van der Waals surface area contributed by atoms with Crippen LogP contribution in [0, 0.1) is 0 Å². The third kappa shape index (κ3) is 9.04. The molecule has 0 aliphatic carbocycles. The average Bonchev–Trinajstić information content (AvgIpc) is 2.21. The van der Waals surface area contributed by atoms with E-state index in [2.05, 4.69) is 30.5 Å². The molecule has 1 N–H and O–H groups in total. The minimum atomic E-state index is 0.112. The van der Waals surface area contributed by atoms with Crippen LogP contribution in [-0.4, -0.2) is 12.5 Å². The summed E-state index contributed by atoms with van der Waals surface area (Å²) in [7, 11) is 0. The zero-order valence-corrected chi connectivity index (χ0v) is 9.25. The molecule has 0 spiro atoms. The highest BCUT2D eigenvalue weighted by atomic mass is 16.1. The third-order valence-electron chi connectivity index (χ3n) is 1.81. The summed E-state index contributed by atoms with van der Waals surface area (Å²) in [6, 6.07) is 0. The molecule has 0 unspecified atom stereocenters. The molecule has 2 heteroatoms. The molecule has 0 aliphatic heterocycles. The van der Waals surface area contributed by atoms with Crippen molar-refractivity contribution in [3.63, 3.8) is 0 Å². The van der Waals surface area contributed by atoms with Crippen LogP contribution in [0.5, 0.6) is 0 Å². The zero-order chi connectivity index (χ0) is 10.6. The Labute approximate surface area is 87.1 Å². The first-order chi connectivity index (χ1) is 6.81. The molecular formula is C12H21NO. The van der Waals surface area contributed by atoms with E-state index >= 15 is 0 Å². The predicted molar refractivity (Wildman–Crippen MR) is 61.1 cm³/mol. The summed E-state index contributed by atoms with van der Waals surface area (Å²) in [5.74, 6) is 0.112. The first-order valence-electron chi connectivity index (χ1n) is 5.38. The van der Waals surface area contributed by atoms with Crippen molar-refractivity contribution in [2.45, 2.75) is 39.5 Å². The van der Waals surface area contributed by atoms with Crippen LogP contribution >= 0.6 is 0 Å². The molecule has 0 heterocycles. The molecule has 0 saturated carbocycles. The van der Waals surface area contributed by atoms with Crippen LogP contribution in [0.25, 0.3) is 0 Å². The van der Waals surface area contributed by atoms with Gasteiger partial charge in [0.25, 0.3) is 0 Å². The molecule has 0 radical (unpaired) electrons. The molecule has 0 aliphatic rings. The summed E-state index contributed by atoms with van der Waals surface area (Å²) in [5.41, 5.74) is 0. The molecule has 0 aromatic rings. The van der Waals surface area contributed by atoms with Gasteiger partial charge in [0.05, 0.1) is 0 Å². The second kappa shape index (κ2) is 10.0. The van der Waals surface area contributed by atoms with Gasteiger partial charge in [0, 0.05) is 13.0 Å². The van der Waals surface area contributed by atoms with Crippen LogP contribution in [0.4, 0.5) is 0 Å². The first kappa shape index (κ1) is 12.9. The van der Waals surface area contributed by atoms with E-state index in [9.17, 15) is 4.79 Å².